The maximum absolute atomic E-state index is 14.3. The van der Waals surface area contributed by atoms with Crippen molar-refractivity contribution in [1.29, 1.82) is 5.26 Å². The van der Waals surface area contributed by atoms with Gasteiger partial charge < -0.3 is 15.5 Å². The number of nitrogens with two attached hydrogens (primary N) is 1. The molecule has 2 atom stereocenters. The molecule has 0 bridgehead atoms. The second-order valence-electron chi connectivity index (χ2n) is 9.89. The SMILES string of the molecule is CN1CCC(/C(N)=N/NC(=O)[C@]23CN(c4ccc(C#N)c5ncccc45)C[C@@]2(C(F)(F)F)C3)CC1. The van der Waals surface area contributed by atoms with Crippen LogP contribution >= 0.6 is 0 Å². The molecular formula is C24H26F3N7O. The van der Waals surface area contributed by atoms with Gasteiger partial charge in [-0.05, 0) is 63.7 Å². The van der Waals surface area contributed by atoms with E-state index >= 15 is 0 Å². The molecule has 5 rings (SSSR count). The highest BCUT2D eigenvalue weighted by Gasteiger charge is 2.86. The predicted molar refractivity (Wildman–Crippen MR) is 124 cm³/mol. The molecule has 184 valence electrons. The Hall–Kier alpha value is -3.39. The minimum atomic E-state index is -4.57. The van der Waals surface area contributed by atoms with Gasteiger partial charge in [0.25, 0.3) is 0 Å². The fourth-order valence-corrected chi connectivity index (χ4v) is 5.74. The normalized spacial score (nSPS) is 27.5. The van der Waals surface area contributed by atoms with E-state index in [2.05, 4.69) is 26.5 Å². The van der Waals surface area contributed by atoms with Crippen LogP contribution in [0.25, 0.3) is 10.9 Å². The van der Waals surface area contributed by atoms with Gasteiger partial charge in [-0.3, -0.25) is 9.78 Å². The van der Waals surface area contributed by atoms with Crippen molar-refractivity contribution in [1.82, 2.24) is 15.3 Å². The number of fused-ring (bicyclic) bond motifs is 2. The van der Waals surface area contributed by atoms with Crippen molar-refractivity contribution in [2.45, 2.75) is 25.4 Å². The van der Waals surface area contributed by atoms with Crippen molar-refractivity contribution in [2.75, 3.05) is 38.1 Å². The fraction of sp³-hybridized carbons (Fsp3) is 0.500. The first-order chi connectivity index (χ1) is 16.6. The van der Waals surface area contributed by atoms with Crippen LogP contribution in [0.15, 0.2) is 35.6 Å². The van der Waals surface area contributed by atoms with E-state index in [-0.39, 0.29) is 31.3 Å². The standard InChI is InChI=1S/C24H26F3N7O/c1-33-9-6-15(7-10-33)20(29)31-32-21(35)22-12-23(22,24(25,26)27)14-34(13-22)18-5-4-16(11-28)19-17(18)3-2-8-30-19/h2-5,8,15H,6-7,9-10,12-14H2,1H3,(H2,29,31)(H,32,35)/t22-,23-/m0/s1. The maximum atomic E-state index is 14.3. The van der Waals surface area contributed by atoms with E-state index < -0.39 is 22.9 Å². The molecule has 8 nitrogen and oxygen atoms in total. The number of hydrogen-bond donors (Lipinski definition) is 2. The Bertz CT molecular complexity index is 1250. The number of pyridine rings is 1. The van der Waals surface area contributed by atoms with Gasteiger partial charge in [0.1, 0.15) is 17.3 Å². The molecule has 1 aromatic carbocycles. The first-order valence-corrected chi connectivity index (χ1v) is 11.5. The van der Waals surface area contributed by atoms with Crippen LogP contribution in [0, 0.1) is 28.1 Å². The van der Waals surface area contributed by atoms with Crippen molar-refractivity contribution in [3.8, 4) is 6.07 Å². The Morgan fingerprint density at radius 2 is 2.03 bits per heavy atom. The Morgan fingerprint density at radius 3 is 2.71 bits per heavy atom. The summed E-state index contributed by atoms with van der Waals surface area (Å²) in [5.41, 5.74) is 5.91. The van der Waals surface area contributed by atoms with Crippen molar-refractivity contribution >= 4 is 28.3 Å². The molecule has 3 fully saturated rings. The molecule has 1 saturated carbocycles. The van der Waals surface area contributed by atoms with Crippen molar-refractivity contribution in [3.63, 3.8) is 0 Å². The first kappa shape index (κ1) is 23.4. The molecular weight excluding hydrogens is 459 g/mol. The lowest BCUT2D eigenvalue weighted by molar-refractivity contribution is -0.191. The number of alkyl halides is 3. The average Bonchev–Trinajstić information content (AvgIpc) is 3.39. The number of hydrazone groups is 1. The predicted octanol–water partition coefficient (Wildman–Crippen LogP) is 2.60. The number of rotatable bonds is 4. The number of nitrogens with zero attached hydrogens (tertiary/aromatic N) is 5. The molecule has 3 aliphatic rings. The summed E-state index contributed by atoms with van der Waals surface area (Å²) in [6, 6.07) is 8.64. The van der Waals surface area contributed by atoms with Crippen LogP contribution in [0.1, 0.15) is 24.8 Å². The lowest BCUT2D eigenvalue weighted by atomic mass is 9.95. The quantitative estimate of drug-likeness (QED) is 0.391. The summed E-state index contributed by atoms with van der Waals surface area (Å²) in [7, 11) is 2.01. The Morgan fingerprint density at radius 1 is 1.29 bits per heavy atom. The van der Waals surface area contributed by atoms with E-state index in [1.165, 1.54) is 6.20 Å². The highest BCUT2D eigenvalue weighted by Crippen LogP contribution is 2.75. The van der Waals surface area contributed by atoms with Crippen LogP contribution in [-0.4, -0.2) is 61.0 Å². The summed E-state index contributed by atoms with van der Waals surface area (Å²) in [6.45, 7) is 1.22. The first-order valence-electron chi connectivity index (χ1n) is 11.5. The van der Waals surface area contributed by atoms with Gasteiger partial charge in [0.2, 0.25) is 5.91 Å². The van der Waals surface area contributed by atoms with Crippen LogP contribution in [0.2, 0.25) is 0 Å². The van der Waals surface area contributed by atoms with Gasteiger partial charge >= 0.3 is 6.18 Å². The number of nitrogens with one attached hydrogen (secondary N) is 1. The number of aromatic nitrogens is 1. The van der Waals surface area contributed by atoms with Crippen molar-refractivity contribution < 1.29 is 18.0 Å². The number of nitriles is 1. The van der Waals surface area contributed by atoms with E-state index in [9.17, 15) is 23.2 Å². The van der Waals surface area contributed by atoms with E-state index in [1.807, 2.05) is 7.05 Å². The smallest absolute Gasteiger partial charge is 0.385 e. The summed E-state index contributed by atoms with van der Waals surface area (Å²) in [6.07, 6.45) is -1.75. The Labute approximate surface area is 200 Å². The van der Waals surface area contributed by atoms with E-state index in [4.69, 9.17) is 5.73 Å². The summed E-state index contributed by atoms with van der Waals surface area (Å²) >= 11 is 0. The highest BCUT2D eigenvalue weighted by atomic mass is 19.4. The van der Waals surface area contributed by atoms with Crippen LogP contribution in [0.5, 0.6) is 0 Å². The van der Waals surface area contributed by atoms with Crippen LogP contribution in [0.3, 0.4) is 0 Å². The number of benzene rings is 1. The molecule has 3 heterocycles. The summed E-state index contributed by atoms with van der Waals surface area (Å²) in [5.74, 6) is -0.516. The average molecular weight is 486 g/mol. The zero-order valence-corrected chi connectivity index (χ0v) is 19.3. The summed E-state index contributed by atoms with van der Waals surface area (Å²) in [4.78, 5) is 21.2. The highest BCUT2D eigenvalue weighted by molar-refractivity contribution is 5.97. The third-order valence-electron chi connectivity index (χ3n) is 7.92. The van der Waals surface area contributed by atoms with Gasteiger partial charge in [0.05, 0.1) is 16.5 Å². The van der Waals surface area contributed by atoms with Gasteiger partial charge in [0, 0.05) is 36.3 Å². The molecule has 1 aromatic heterocycles. The van der Waals surface area contributed by atoms with Crippen LogP contribution in [-0.2, 0) is 4.79 Å². The molecule has 0 spiro atoms. The van der Waals surface area contributed by atoms with Gasteiger partial charge in [-0.15, -0.1) is 0 Å². The monoisotopic (exact) mass is 485 g/mol. The molecule has 0 unspecified atom stereocenters. The zero-order chi connectivity index (χ0) is 25.0. The molecule has 2 aromatic rings. The third kappa shape index (κ3) is 3.58. The number of carbonyl (C=O) groups is 1. The number of amidine groups is 1. The molecule has 11 heteroatoms. The largest absolute Gasteiger partial charge is 0.397 e. The zero-order valence-electron chi connectivity index (χ0n) is 19.3. The number of piperidine rings is 2. The fourth-order valence-electron chi connectivity index (χ4n) is 5.74. The molecule has 2 aliphatic heterocycles. The minimum Gasteiger partial charge on any atom is -0.385 e. The van der Waals surface area contributed by atoms with Gasteiger partial charge in [-0.2, -0.15) is 23.5 Å². The summed E-state index contributed by atoms with van der Waals surface area (Å²) < 4.78 is 42.9. The second-order valence-corrected chi connectivity index (χ2v) is 9.89. The molecule has 1 amide bonds. The Balaban J connectivity index is 1.42. The number of amides is 1. The van der Waals surface area contributed by atoms with E-state index in [0.29, 0.717) is 22.2 Å². The third-order valence-corrected chi connectivity index (χ3v) is 7.92. The summed E-state index contributed by atoms with van der Waals surface area (Å²) in [5, 5.41) is 14.0. The second kappa shape index (κ2) is 8.09. The van der Waals surface area contributed by atoms with Gasteiger partial charge in [0.15, 0.2) is 0 Å². The maximum Gasteiger partial charge on any atom is 0.397 e. The lowest BCUT2D eigenvalue weighted by Crippen LogP contribution is -2.41. The molecule has 35 heavy (non-hydrogen) atoms. The molecule has 2 saturated heterocycles. The number of anilines is 1. The number of likely N-dealkylation sites (tertiary alicyclic amines) is 1. The molecule has 3 N–H and O–H groups in total. The minimum absolute atomic E-state index is 0.00633. The van der Waals surface area contributed by atoms with E-state index in [0.717, 1.165) is 25.9 Å². The topological polar surface area (TPSA) is 111 Å². The van der Waals surface area contributed by atoms with Gasteiger partial charge in [-0.1, -0.05) is 0 Å². The van der Waals surface area contributed by atoms with Crippen molar-refractivity contribution in [2.24, 2.45) is 27.6 Å². The Kier molecular flexibility index (Phi) is 5.40. The molecule has 1 aliphatic carbocycles. The van der Waals surface area contributed by atoms with Crippen molar-refractivity contribution in [3.05, 3.63) is 36.0 Å². The van der Waals surface area contributed by atoms with Crippen LogP contribution < -0.4 is 16.1 Å². The van der Waals surface area contributed by atoms with Gasteiger partial charge in [-0.25, -0.2) is 5.43 Å². The lowest BCUT2D eigenvalue weighted by Gasteiger charge is -2.28. The molecule has 0 radical (unpaired) electrons. The number of halogens is 3. The number of carbonyl (C=O) groups excluding carboxylic acids is 1. The van der Waals surface area contributed by atoms with Crippen LogP contribution in [0.4, 0.5) is 18.9 Å². The van der Waals surface area contributed by atoms with E-state index in [1.54, 1.807) is 29.2 Å². The number of hydrogen-bond acceptors (Lipinski definition) is 6.